The van der Waals surface area contributed by atoms with Gasteiger partial charge in [0.15, 0.2) is 0 Å². The summed E-state index contributed by atoms with van der Waals surface area (Å²) < 4.78 is 0. The highest BCUT2D eigenvalue weighted by Crippen LogP contribution is 2.29. The summed E-state index contributed by atoms with van der Waals surface area (Å²) in [6.07, 6.45) is 6.55. The number of amides is 1. The van der Waals surface area contributed by atoms with Crippen LogP contribution in [0.25, 0.3) is 0 Å². The van der Waals surface area contributed by atoms with Gasteiger partial charge in [-0.1, -0.05) is 27.2 Å². The molecular weight excluding hydrogens is 236 g/mol. The monoisotopic (exact) mass is 268 g/mol. The van der Waals surface area contributed by atoms with Crippen LogP contribution in [0, 0.1) is 23.7 Å². The largest absolute Gasteiger partial charge is 0.356 e. The Hall–Kier alpha value is -0.570. The van der Waals surface area contributed by atoms with Crippen LogP contribution in [0.3, 0.4) is 0 Å². The van der Waals surface area contributed by atoms with E-state index < -0.39 is 0 Å². The maximum Gasteiger partial charge on any atom is 0.220 e. The van der Waals surface area contributed by atoms with Crippen LogP contribution in [0.1, 0.15) is 59.3 Å². The van der Waals surface area contributed by atoms with Crippen molar-refractivity contribution in [3.63, 3.8) is 0 Å². The van der Waals surface area contributed by atoms with Crippen LogP contribution in [0.2, 0.25) is 0 Å². The molecule has 3 nitrogen and oxygen atoms in total. The summed E-state index contributed by atoms with van der Waals surface area (Å²) in [5.74, 6) is 2.98. The third kappa shape index (κ3) is 6.42. The summed E-state index contributed by atoms with van der Waals surface area (Å²) in [5, 5.41) is 3.11. The quantitative estimate of drug-likeness (QED) is 0.711. The minimum Gasteiger partial charge on any atom is -0.356 e. The van der Waals surface area contributed by atoms with Crippen LogP contribution >= 0.6 is 0 Å². The average Bonchev–Trinajstić information content (AvgIpc) is 2.77. The number of nitrogens with one attached hydrogen (secondary N) is 1. The zero-order valence-electron chi connectivity index (χ0n) is 13.0. The first-order chi connectivity index (χ1) is 9.02. The van der Waals surface area contributed by atoms with E-state index in [0.717, 1.165) is 31.8 Å². The van der Waals surface area contributed by atoms with E-state index >= 15 is 0 Å². The molecule has 0 heterocycles. The molecule has 1 aliphatic carbocycles. The van der Waals surface area contributed by atoms with E-state index in [1.165, 1.54) is 19.3 Å². The first-order valence-corrected chi connectivity index (χ1v) is 7.99. The molecule has 0 aromatic rings. The van der Waals surface area contributed by atoms with E-state index in [-0.39, 0.29) is 5.91 Å². The molecule has 1 amide bonds. The number of carbonyl (C=O) groups is 1. The molecule has 1 aliphatic rings. The second kappa shape index (κ2) is 8.57. The summed E-state index contributed by atoms with van der Waals surface area (Å²) >= 11 is 0. The van der Waals surface area contributed by atoms with Gasteiger partial charge in [0.2, 0.25) is 5.91 Å². The van der Waals surface area contributed by atoms with Crippen molar-refractivity contribution in [1.29, 1.82) is 0 Å². The van der Waals surface area contributed by atoms with Crippen LogP contribution in [-0.2, 0) is 4.79 Å². The van der Waals surface area contributed by atoms with Crippen LogP contribution in [-0.4, -0.2) is 19.0 Å². The molecule has 0 radical (unpaired) electrons. The van der Waals surface area contributed by atoms with Gasteiger partial charge in [0, 0.05) is 13.0 Å². The van der Waals surface area contributed by atoms with Crippen LogP contribution in [0.4, 0.5) is 0 Å². The maximum atomic E-state index is 11.9. The molecule has 1 rings (SSSR count). The standard InChI is InChI=1S/C16H32N2O/c1-12(2)15(8-9-17)6-7-16(19)18-11-14-5-4-13(3)10-14/h12-15H,4-11,17H2,1-3H3,(H,18,19). The van der Waals surface area contributed by atoms with Gasteiger partial charge in [0.1, 0.15) is 0 Å². The lowest BCUT2D eigenvalue weighted by molar-refractivity contribution is -0.121. The molecule has 3 N–H and O–H groups in total. The Kier molecular flexibility index (Phi) is 7.44. The van der Waals surface area contributed by atoms with Crippen LogP contribution in [0.15, 0.2) is 0 Å². The SMILES string of the molecule is CC1CCC(CNC(=O)CCC(CCN)C(C)C)C1. The van der Waals surface area contributed by atoms with Gasteiger partial charge >= 0.3 is 0 Å². The second-order valence-electron chi connectivity index (χ2n) is 6.71. The molecule has 0 aliphatic heterocycles. The molecular formula is C16H32N2O. The third-order valence-corrected chi connectivity index (χ3v) is 4.61. The highest BCUT2D eigenvalue weighted by Gasteiger charge is 2.21. The van der Waals surface area contributed by atoms with Gasteiger partial charge in [0.05, 0.1) is 0 Å². The molecule has 3 unspecified atom stereocenters. The number of rotatable bonds is 8. The predicted molar refractivity (Wildman–Crippen MR) is 80.7 cm³/mol. The van der Waals surface area contributed by atoms with Crippen molar-refractivity contribution in [2.24, 2.45) is 29.4 Å². The molecule has 0 spiro atoms. The van der Waals surface area contributed by atoms with Crippen molar-refractivity contribution >= 4 is 5.91 Å². The lowest BCUT2D eigenvalue weighted by atomic mass is 9.88. The van der Waals surface area contributed by atoms with Crippen molar-refractivity contribution in [1.82, 2.24) is 5.32 Å². The Morgan fingerprint density at radius 3 is 2.58 bits per heavy atom. The van der Waals surface area contributed by atoms with Crippen molar-refractivity contribution in [3.05, 3.63) is 0 Å². The van der Waals surface area contributed by atoms with E-state index in [1.807, 2.05) is 0 Å². The minimum atomic E-state index is 0.224. The predicted octanol–water partition coefficient (Wildman–Crippen LogP) is 2.94. The Balaban J connectivity index is 2.16. The summed E-state index contributed by atoms with van der Waals surface area (Å²) in [7, 11) is 0. The summed E-state index contributed by atoms with van der Waals surface area (Å²) in [5.41, 5.74) is 5.63. The summed E-state index contributed by atoms with van der Waals surface area (Å²) in [6, 6.07) is 0. The fourth-order valence-corrected chi connectivity index (χ4v) is 3.20. The smallest absolute Gasteiger partial charge is 0.220 e. The average molecular weight is 268 g/mol. The van der Waals surface area contributed by atoms with Crippen LogP contribution < -0.4 is 11.1 Å². The van der Waals surface area contributed by atoms with Gasteiger partial charge in [-0.25, -0.2) is 0 Å². The zero-order valence-corrected chi connectivity index (χ0v) is 13.0. The number of nitrogens with two attached hydrogens (primary N) is 1. The topological polar surface area (TPSA) is 55.1 Å². The van der Waals surface area contributed by atoms with Gasteiger partial charge in [0.25, 0.3) is 0 Å². The zero-order chi connectivity index (χ0) is 14.3. The molecule has 0 aromatic heterocycles. The molecule has 112 valence electrons. The molecule has 3 heteroatoms. The van der Waals surface area contributed by atoms with Gasteiger partial charge in [-0.05, 0) is 55.9 Å². The number of carbonyl (C=O) groups excluding carboxylic acids is 1. The normalized spacial score (nSPS) is 24.7. The van der Waals surface area contributed by atoms with Gasteiger partial charge < -0.3 is 11.1 Å². The van der Waals surface area contributed by atoms with E-state index in [4.69, 9.17) is 5.73 Å². The second-order valence-corrected chi connectivity index (χ2v) is 6.71. The Labute approximate surface area is 118 Å². The highest BCUT2D eigenvalue weighted by molar-refractivity contribution is 5.75. The first-order valence-electron chi connectivity index (χ1n) is 7.99. The summed E-state index contributed by atoms with van der Waals surface area (Å²) in [6.45, 7) is 8.36. The minimum absolute atomic E-state index is 0.224. The first kappa shape index (κ1) is 16.5. The van der Waals surface area contributed by atoms with Crippen molar-refractivity contribution in [3.8, 4) is 0 Å². The van der Waals surface area contributed by atoms with Gasteiger partial charge in [-0.15, -0.1) is 0 Å². The van der Waals surface area contributed by atoms with E-state index in [0.29, 0.717) is 24.2 Å². The summed E-state index contributed by atoms with van der Waals surface area (Å²) in [4.78, 5) is 11.9. The Morgan fingerprint density at radius 2 is 2.05 bits per heavy atom. The van der Waals surface area contributed by atoms with Gasteiger partial charge in [-0.3, -0.25) is 4.79 Å². The van der Waals surface area contributed by atoms with Crippen molar-refractivity contribution in [2.75, 3.05) is 13.1 Å². The lowest BCUT2D eigenvalue weighted by Gasteiger charge is -2.20. The molecule has 1 saturated carbocycles. The third-order valence-electron chi connectivity index (χ3n) is 4.61. The molecule has 19 heavy (non-hydrogen) atoms. The molecule has 1 fully saturated rings. The molecule has 0 saturated heterocycles. The van der Waals surface area contributed by atoms with Crippen molar-refractivity contribution < 1.29 is 4.79 Å². The van der Waals surface area contributed by atoms with E-state index in [9.17, 15) is 4.79 Å². The van der Waals surface area contributed by atoms with Gasteiger partial charge in [-0.2, -0.15) is 0 Å². The fourth-order valence-electron chi connectivity index (χ4n) is 3.20. The molecule has 0 bridgehead atoms. The van der Waals surface area contributed by atoms with E-state index in [1.54, 1.807) is 0 Å². The fraction of sp³-hybridized carbons (Fsp3) is 0.938. The van der Waals surface area contributed by atoms with E-state index in [2.05, 4.69) is 26.1 Å². The highest BCUT2D eigenvalue weighted by atomic mass is 16.1. The molecule has 3 atom stereocenters. The Bertz CT molecular complexity index is 265. The molecule has 0 aromatic carbocycles. The number of hydrogen-bond acceptors (Lipinski definition) is 2. The maximum absolute atomic E-state index is 11.9. The Morgan fingerprint density at radius 1 is 1.32 bits per heavy atom. The number of hydrogen-bond donors (Lipinski definition) is 2. The van der Waals surface area contributed by atoms with Crippen LogP contribution in [0.5, 0.6) is 0 Å². The lowest BCUT2D eigenvalue weighted by Crippen LogP contribution is -2.29. The van der Waals surface area contributed by atoms with Crippen molar-refractivity contribution in [2.45, 2.75) is 59.3 Å².